The molecule has 1 fully saturated rings. The third-order valence-corrected chi connectivity index (χ3v) is 8.87. The van der Waals surface area contributed by atoms with Gasteiger partial charge in [-0.05, 0) is 44.5 Å². The van der Waals surface area contributed by atoms with Crippen LogP contribution in [-0.4, -0.2) is 54.7 Å². The molecule has 0 saturated carbocycles. The lowest BCUT2D eigenvalue weighted by Gasteiger charge is -2.33. The summed E-state index contributed by atoms with van der Waals surface area (Å²) in [5.74, 6) is -0.0880. The molecule has 1 saturated heterocycles. The van der Waals surface area contributed by atoms with Gasteiger partial charge in [0.2, 0.25) is 15.9 Å². The largest absolute Gasteiger partial charge is 0.326 e. The summed E-state index contributed by atoms with van der Waals surface area (Å²) in [4.78, 5) is 19.6. The minimum atomic E-state index is -3.49. The van der Waals surface area contributed by atoms with Crippen molar-refractivity contribution in [3.8, 4) is 0 Å². The van der Waals surface area contributed by atoms with E-state index in [1.54, 1.807) is 10.4 Å². The maximum Gasteiger partial charge on any atom is 0.243 e. The van der Waals surface area contributed by atoms with Crippen molar-refractivity contribution < 1.29 is 13.2 Å². The summed E-state index contributed by atoms with van der Waals surface area (Å²) < 4.78 is 27.8. The maximum atomic E-state index is 13.1. The SMILES string of the molecule is Cc1ccc(NC(=O)Cc2nc(CN3CCN(S(=O)(=O)c4ccc(C)cc4C)CC3)cs2)cc1. The van der Waals surface area contributed by atoms with E-state index in [9.17, 15) is 13.2 Å². The molecule has 2 heterocycles. The van der Waals surface area contributed by atoms with Gasteiger partial charge in [-0.2, -0.15) is 4.31 Å². The Kier molecular flexibility index (Phi) is 7.47. The number of thiazole rings is 1. The standard InChI is InChI=1S/C25H30N4O3S2/c1-18-4-7-21(8-5-18)26-24(30)15-25-27-22(17-33-25)16-28-10-12-29(13-11-28)34(31,32)23-9-6-19(2)14-20(23)3/h4-9,14,17H,10-13,15-16H2,1-3H3,(H,26,30). The van der Waals surface area contributed by atoms with Crippen molar-refractivity contribution in [3.05, 3.63) is 75.2 Å². The molecule has 1 amide bonds. The van der Waals surface area contributed by atoms with Crippen LogP contribution < -0.4 is 5.32 Å². The second kappa shape index (κ2) is 10.4. The number of benzene rings is 2. The van der Waals surface area contributed by atoms with Crippen LogP contribution in [0.3, 0.4) is 0 Å². The van der Waals surface area contributed by atoms with Crippen molar-refractivity contribution in [3.63, 3.8) is 0 Å². The zero-order valence-electron chi connectivity index (χ0n) is 19.7. The fourth-order valence-corrected chi connectivity index (χ4v) is 6.48. The number of anilines is 1. The maximum absolute atomic E-state index is 13.1. The Morgan fingerprint density at radius 1 is 1.00 bits per heavy atom. The number of rotatable bonds is 7. The van der Waals surface area contributed by atoms with Gasteiger partial charge in [-0.1, -0.05) is 35.4 Å². The van der Waals surface area contributed by atoms with E-state index in [1.165, 1.54) is 11.3 Å². The van der Waals surface area contributed by atoms with Crippen LogP contribution in [0.2, 0.25) is 0 Å². The molecule has 34 heavy (non-hydrogen) atoms. The molecule has 180 valence electrons. The zero-order valence-corrected chi connectivity index (χ0v) is 21.4. The molecular formula is C25H30N4O3S2. The number of hydrogen-bond acceptors (Lipinski definition) is 6. The van der Waals surface area contributed by atoms with Crippen LogP contribution in [-0.2, 0) is 27.8 Å². The highest BCUT2D eigenvalue weighted by molar-refractivity contribution is 7.89. The summed E-state index contributed by atoms with van der Waals surface area (Å²) in [7, 11) is -3.49. The van der Waals surface area contributed by atoms with E-state index in [0.29, 0.717) is 37.6 Å². The predicted octanol–water partition coefficient (Wildman–Crippen LogP) is 3.76. The molecule has 0 radical (unpaired) electrons. The van der Waals surface area contributed by atoms with Crippen LogP contribution in [0.4, 0.5) is 5.69 Å². The number of carbonyl (C=O) groups excluding carboxylic acids is 1. The van der Waals surface area contributed by atoms with Gasteiger partial charge in [-0.25, -0.2) is 13.4 Å². The lowest BCUT2D eigenvalue weighted by atomic mass is 10.2. The fourth-order valence-electron chi connectivity index (χ4n) is 4.07. The molecular weight excluding hydrogens is 468 g/mol. The van der Waals surface area contributed by atoms with E-state index < -0.39 is 10.0 Å². The monoisotopic (exact) mass is 498 g/mol. The van der Waals surface area contributed by atoms with Crippen LogP contribution >= 0.6 is 11.3 Å². The number of amides is 1. The van der Waals surface area contributed by atoms with E-state index in [-0.39, 0.29) is 12.3 Å². The number of hydrogen-bond donors (Lipinski definition) is 1. The van der Waals surface area contributed by atoms with E-state index in [4.69, 9.17) is 0 Å². The van der Waals surface area contributed by atoms with Crippen molar-refractivity contribution in [2.75, 3.05) is 31.5 Å². The van der Waals surface area contributed by atoms with Gasteiger partial charge >= 0.3 is 0 Å². The number of sulfonamides is 1. The summed E-state index contributed by atoms with van der Waals surface area (Å²) in [6.07, 6.45) is 0.237. The molecule has 0 bridgehead atoms. The number of aromatic nitrogens is 1. The van der Waals surface area contributed by atoms with Crippen molar-refractivity contribution in [2.24, 2.45) is 0 Å². The summed E-state index contributed by atoms with van der Waals surface area (Å²) in [6, 6.07) is 13.2. The predicted molar refractivity (Wildman–Crippen MR) is 136 cm³/mol. The first-order chi connectivity index (χ1) is 16.2. The first-order valence-corrected chi connectivity index (χ1v) is 13.6. The minimum Gasteiger partial charge on any atom is -0.326 e. The van der Waals surface area contributed by atoms with Gasteiger partial charge in [-0.3, -0.25) is 9.69 Å². The van der Waals surface area contributed by atoms with Gasteiger partial charge < -0.3 is 5.32 Å². The second-order valence-electron chi connectivity index (χ2n) is 8.77. The molecule has 1 aromatic heterocycles. The molecule has 0 unspecified atom stereocenters. The third-order valence-electron chi connectivity index (χ3n) is 5.91. The Balaban J connectivity index is 1.29. The van der Waals surface area contributed by atoms with Gasteiger partial charge in [0, 0.05) is 43.8 Å². The highest BCUT2D eigenvalue weighted by Crippen LogP contribution is 2.23. The van der Waals surface area contributed by atoms with Crippen LogP contribution in [0, 0.1) is 20.8 Å². The second-order valence-corrected chi connectivity index (χ2v) is 11.6. The van der Waals surface area contributed by atoms with Crippen molar-refractivity contribution in [1.29, 1.82) is 0 Å². The molecule has 1 N–H and O–H groups in total. The molecule has 0 spiro atoms. The Morgan fingerprint density at radius 3 is 2.35 bits per heavy atom. The highest BCUT2D eigenvalue weighted by Gasteiger charge is 2.29. The molecule has 9 heteroatoms. The van der Waals surface area contributed by atoms with Crippen molar-refractivity contribution in [2.45, 2.75) is 38.6 Å². The fraction of sp³-hybridized carbons (Fsp3) is 0.360. The topological polar surface area (TPSA) is 82.6 Å². The molecule has 1 aliphatic heterocycles. The molecule has 7 nitrogen and oxygen atoms in total. The van der Waals surface area contributed by atoms with Gasteiger partial charge in [0.15, 0.2) is 0 Å². The molecule has 1 aliphatic rings. The third kappa shape index (κ3) is 5.90. The van der Waals surface area contributed by atoms with Crippen LogP contribution in [0.25, 0.3) is 0 Å². The van der Waals surface area contributed by atoms with Gasteiger partial charge in [0.25, 0.3) is 0 Å². The minimum absolute atomic E-state index is 0.0880. The van der Waals surface area contributed by atoms with Gasteiger partial charge in [0.05, 0.1) is 17.0 Å². The van der Waals surface area contributed by atoms with E-state index >= 15 is 0 Å². The Labute approximate surface area is 205 Å². The van der Waals surface area contributed by atoms with E-state index in [0.717, 1.165) is 33.1 Å². The van der Waals surface area contributed by atoms with Gasteiger partial charge in [-0.15, -0.1) is 11.3 Å². The average molecular weight is 499 g/mol. The summed E-state index contributed by atoms with van der Waals surface area (Å²) in [6.45, 7) is 8.65. The van der Waals surface area contributed by atoms with Gasteiger partial charge in [0.1, 0.15) is 5.01 Å². The molecule has 3 aromatic rings. The molecule has 0 atom stereocenters. The number of aryl methyl sites for hydroxylation is 3. The summed E-state index contributed by atoms with van der Waals surface area (Å²) >= 11 is 1.48. The molecule has 2 aromatic carbocycles. The molecule has 0 aliphatic carbocycles. The summed E-state index contributed by atoms with van der Waals surface area (Å²) in [5, 5.41) is 5.66. The number of carbonyl (C=O) groups is 1. The smallest absolute Gasteiger partial charge is 0.243 e. The lowest BCUT2D eigenvalue weighted by molar-refractivity contribution is -0.115. The highest BCUT2D eigenvalue weighted by atomic mass is 32.2. The lowest BCUT2D eigenvalue weighted by Crippen LogP contribution is -2.48. The first kappa shape index (κ1) is 24.5. The Hall–Kier alpha value is -2.59. The quantitative estimate of drug-likeness (QED) is 0.536. The molecule has 4 rings (SSSR count). The Bertz CT molecular complexity index is 1260. The van der Waals surface area contributed by atoms with Crippen LogP contribution in [0.5, 0.6) is 0 Å². The van der Waals surface area contributed by atoms with E-state index in [1.807, 2.05) is 62.5 Å². The first-order valence-electron chi connectivity index (χ1n) is 11.3. The average Bonchev–Trinajstić information content (AvgIpc) is 3.22. The van der Waals surface area contributed by atoms with E-state index in [2.05, 4.69) is 15.2 Å². The van der Waals surface area contributed by atoms with Crippen molar-refractivity contribution in [1.82, 2.24) is 14.2 Å². The van der Waals surface area contributed by atoms with Crippen molar-refractivity contribution >= 4 is 33.0 Å². The number of nitrogens with one attached hydrogen (secondary N) is 1. The van der Waals surface area contributed by atoms with Crippen LogP contribution in [0.1, 0.15) is 27.4 Å². The Morgan fingerprint density at radius 2 is 1.68 bits per heavy atom. The summed E-state index contributed by atoms with van der Waals surface area (Å²) in [5.41, 5.74) is 4.67. The number of nitrogens with zero attached hydrogens (tertiary/aromatic N) is 3. The number of piperazine rings is 1. The normalized spacial score (nSPS) is 15.4. The van der Waals surface area contributed by atoms with Crippen LogP contribution in [0.15, 0.2) is 52.7 Å². The zero-order chi connectivity index (χ0) is 24.3.